The number of amides is 1. The maximum Gasteiger partial charge on any atom is 0.302 e. The summed E-state index contributed by atoms with van der Waals surface area (Å²) in [5.74, 6) is -0.604. The number of esters is 1. The molecule has 0 saturated heterocycles. The average Bonchev–Trinajstić information content (AvgIpc) is 2.30. The quantitative estimate of drug-likeness (QED) is 0.667. The summed E-state index contributed by atoms with van der Waals surface area (Å²) in [7, 11) is 0. The average molecular weight is 305 g/mol. The Morgan fingerprint density at radius 1 is 1.42 bits per heavy atom. The zero-order chi connectivity index (χ0) is 14.4. The normalized spacial score (nSPS) is 11.8. The van der Waals surface area contributed by atoms with Crippen LogP contribution < -0.4 is 5.32 Å². The van der Waals surface area contributed by atoms with Gasteiger partial charge in [-0.25, -0.2) is 4.98 Å². The number of rotatable bonds is 5. The van der Waals surface area contributed by atoms with Crippen molar-refractivity contribution in [1.82, 2.24) is 10.3 Å². The van der Waals surface area contributed by atoms with E-state index in [1.807, 2.05) is 0 Å². The molecular formula is C12H14Cl2N2O3. The predicted molar refractivity (Wildman–Crippen MR) is 72.2 cm³/mol. The zero-order valence-corrected chi connectivity index (χ0v) is 12.1. The molecule has 1 unspecified atom stereocenters. The summed E-state index contributed by atoms with van der Waals surface area (Å²) in [6, 6.07) is 1.65. The van der Waals surface area contributed by atoms with Crippen molar-refractivity contribution < 1.29 is 14.3 Å². The van der Waals surface area contributed by atoms with Gasteiger partial charge in [-0.3, -0.25) is 9.59 Å². The highest BCUT2D eigenvalue weighted by molar-refractivity contribution is 6.41. The smallest absolute Gasteiger partial charge is 0.302 e. The van der Waals surface area contributed by atoms with E-state index < -0.39 is 12.1 Å². The maximum atomic E-state index is 11.0. The number of halogens is 2. The van der Waals surface area contributed by atoms with E-state index in [0.29, 0.717) is 11.4 Å². The van der Waals surface area contributed by atoms with Crippen LogP contribution in [0.15, 0.2) is 12.3 Å². The van der Waals surface area contributed by atoms with E-state index in [4.69, 9.17) is 27.9 Å². The molecule has 0 saturated carbocycles. The van der Waals surface area contributed by atoms with Crippen LogP contribution in [-0.2, 0) is 20.7 Å². The van der Waals surface area contributed by atoms with Gasteiger partial charge in [0.1, 0.15) is 11.3 Å². The molecule has 0 spiro atoms. The molecule has 104 valence electrons. The van der Waals surface area contributed by atoms with Gasteiger partial charge in [0.15, 0.2) is 0 Å². The second kappa shape index (κ2) is 7.31. The van der Waals surface area contributed by atoms with Gasteiger partial charge in [-0.1, -0.05) is 23.2 Å². The van der Waals surface area contributed by atoms with Crippen LogP contribution in [0.25, 0.3) is 0 Å². The molecule has 7 heteroatoms. The Hall–Kier alpha value is -1.33. The molecule has 0 fully saturated rings. The molecule has 1 aromatic rings. The van der Waals surface area contributed by atoms with Gasteiger partial charge >= 0.3 is 5.97 Å². The SMILES string of the molecule is CC(=O)NCC(Cc1cnc(Cl)c(Cl)c1)OC(C)=O. The lowest BCUT2D eigenvalue weighted by molar-refractivity contribution is -0.146. The van der Waals surface area contributed by atoms with Crippen molar-refractivity contribution in [2.24, 2.45) is 0 Å². The summed E-state index contributed by atoms with van der Waals surface area (Å²) >= 11 is 11.6. The van der Waals surface area contributed by atoms with Crippen molar-refractivity contribution in [3.63, 3.8) is 0 Å². The second-order valence-corrected chi connectivity index (χ2v) is 4.75. The monoisotopic (exact) mass is 304 g/mol. The molecule has 0 aliphatic heterocycles. The fraction of sp³-hybridized carbons (Fsp3) is 0.417. The maximum absolute atomic E-state index is 11.0. The lowest BCUT2D eigenvalue weighted by Crippen LogP contribution is -2.34. The molecule has 0 aliphatic rings. The van der Waals surface area contributed by atoms with Crippen molar-refractivity contribution in [3.05, 3.63) is 28.0 Å². The van der Waals surface area contributed by atoms with Crippen LogP contribution >= 0.6 is 23.2 Å². The van der Waals surface area contributed by atoms with E-state index in [1.54, 1.807) is 12.3 Å². The van der Waals surface area contributed by atoms with Gasteiger partial charge in [0.25, 0.3) is 0 Å². The molecule has 1 amide bonds. The topological polar surface area (TPSA) is 68.3 Å². The molecule has 1 atom stereocenters. The number of hydrogen-bond donors (Lipinski definition) is 1. The van der Waals surface area contributed by atoms with Crippen LogP contribution in [0.4, 0.5) is 0 Å². The first kappa shape index (κ1) is 15.7. The van der Waals surface area contributed by atoms with E-state index in [0.717, 1.165) is 5.56 Å². The van der Waals surface area contributed by atoms with Gasteiger partial charge < -0.3 is 10.1 Å². The van der Waals surface area contributed by atoms with Crippen molar-refractivity contribution in [3.8, 4) is 0 Å². The van der Waals surface area contributed by atoms with Crippen LogP contribution in [0.2, 0.25) is 10.2 Å². The minimum absolute atomic E-state index is 0.190. The Balaban J connectivity index is 2.71. The summed E-state index contributed by atoms with van der Waals surface area (Å²) in [6.45, 7) is 2.94. The van der Waals surface area contributed by atoms with E-state index in [2.05, 4.69) is 10.3 Å². The van der Waals surface area contributed by atoms with Gasteiger partial charge in [-0.2, -0.15) is 0 Å². The minimum atomic E-state index is -0.472. The number of hydrogen-bond acceptors (Lipinski definition) is 4. The van der Waals surface area contributed by atoms with Crippen LogP contribution in [0.5, 0.6) is 0 Å². The van der Waals surface area contributed by atoms with E-state index in [-0.39, 0.29) is 17.6 Å². The molecule has 1 aromatic heterocycles. The summed E-state index contributed by atoms with van der Waals surface area (Å²) < 4.78 is 5.12. The van der Waals surface area contributed by atoms with Crippen molar-refractivity contribution in [2.45, 2.75) is 26.4 Å². The summed E-state index contributed by atoms with van der Waals surface area (Å²) in [5.41, 5.74) is 0.769. The standard InChI is InChI=1S/C12H14Cl2N2O3/c1-7(17)15-6-10(19-8(2)18)3-9-4-11(13)12(14)16-5-9/h4-5,10H,3,6H2,1-2H3,(H,15,17). The molecule has 5 nitrogen and oxygen atoms in total. The number of nitrogens with zero attached hydrogens (tertiary/aromatic N) is 1. The van der Waals surface area contributed by atoms with Crippen molar-refractivity contribution in [1.29, 1.82) is 0 Å². The lowest BCUT2D eigenvalue weighted by atomic mass is 10.1. The molecular weight excluding hydrogens is 291 g/mol. The first-order valence-electron chi connectivity index (χ1n) is 5.60. The third-order valence-electron chi connectivity index (χ3n) is 2.23. The second-order valence-electron chi connectivity index (χ2n) is 3.99. The first-order valence-corrected chi connectivity index (χ1v) is 6.35. The first-order chi connectivity index (χ1) is 8.88. The van der Waals surface area contributed by atoms with Gasteiger partial charge in [0, 0.05) is 26.5 Å². The van der Waals surface area contributed by atoms with Crippen LogP contribution in [0.3, 0.4) is 0 Å². The molecule has 0 radical (unpaired) electrons. The van der Waals surface area contributed by atoms with E-state index in [9.17, 15) is 9.59 Å². The number of aromatic nitrogens is 1. The number of carbonyl (C=O) groups excluding carboxylic acids is 2. The van der Waals surface area contributed by atoms with Crippen LogP contribution in [-0.4, -0.2) is 29.5 Å². The fourth-order valence-corrected chi connectivity index (χ4v) is 1.78. The fourth-order valence-electron chi connectivity index (χ4n) is 1.48. The van der Waals surface area contributed by atoms with Crippen molar-refractivity contribution in [2.75, 3.05) is 6.54 Å². The Kier molecular flexibility index (Phi) is 6.05. The number of ether oxygens (including phenoxy) is 1. The Morgan fingerprint density at radius 3 is 2.63 bits per heavy atom. The molecule has 0 aromatic carbocycles. The Bertz CT molecular complexity index is 480. The summed E-state index contributed by atoms with van der Waals surface area (Å²) in [4.78, 5) is 25.8. The van der Waals surface area contributed by atoms with Gasteiger partial charge in [0.05, 0.1) is 11.6 Å². The van der Waals surface area contributed by atoms with Gasteiger partial charge in [-0.15, -0.1) is 0 Å². The van der Waals surface area contributed by atoms with Gasteiger partial charge in [-0.05, 0) is 11.6 Å². The lowest BCUT2D eigenvalue weighted by Gasteiger charge is -2.17. The third kappa shape index (κ3) is 5.89. The number of carbonyl (C=O) groups is 2. The van der Waals surface area contributed by atoms with E-state index in [1.165, 1.54) is 13.8 Å². The summed E-state index contributed by atoms with van der Waals surface area (Å²) in [6.07, 6.45) is 1.47. The van der Waals surface area contributed by atoms with Crippen molar-refractivity contribution >= 4 is 35.1 Å². The number of pyridine rings is 1. The molecule has 1 heterocycles. The summed E-state index contributed by atoms with van der Waals surface area (Å²) in [5, 5.41) is 3.15. The van der Waals surface area contributed by atoms with Crippen LogP contribution in [0, 0.1) is 0 Å². The molecule has 0 aliphatic carbocycles. The highest BCUT2D eigenvalue weighted by Gasteiger charge is 2.14. The van der Waals surface area contributed by atoms with E-state index >= 15 is 0 Å². The minimum Gasteiger partial charge on any atom is -0.460 e. The Morgan fingerprint density at radius 2 is 2.11 bits per heavy atom. The highest BCUT2D eigenvalue weighted by atomic mass is 35.5. The molecule has 1 N–H and O–H groups in total. The molecule has 19 heavy (non-hydrogen) atoms. The number of nitrogens with one attached hydrogen (secondary N) is 1. The zero-order valence-electron chi connectivity index (χ0n) is 10.6. The predicted octanol–water partition coefficient (Wildman–Crippen LogP) is 2.00. The van der Waals surface area contributed by atoms with Crippen LogP contribution in [0.1, 0.15) is 19.4 Å². The largest absolute Gasteiger partial charge is 0.460 e. The third-order valence-corrected chi connectivity index (χ3v) is 2.91. The Labute approximate surface area is 121 Å². The van der Waals surface area contributed by atoms with Gasteiger partial charge in [0.2, 0.25) is 5.91 Å². The molecule has 0 bridgehead atoms. The highest BCUT2D eigenvalue weighted by Crippen LogP contribution is 2.20. The molecule has 1 rings (SSSR count).